The molecule has 1 fully saturated rings. The molecule has 1 amide bonds. The summed E-state index contributed by atoms with van der Waals surface area (Å²) in [6.07, 6.45) is 4.10. The smallest absolute Gasteiger partial charge is 0.220 e. The normalized spacial score (nSPS) is 19.1. The summed E-state index contributed by atoms with van der Waals surface area (Å²) in [7, 11) is 2.14. The van der Waals surface area contributed by atoms with Gasteiger partial charge in [0.25, 0.3) is 0 Å². The quantitative estimate of drug-likeness (QED) is 0.665. The van der Waals surface area contributed by atoms with Gasteiger partial charge in [-0.3, -0.25) is 9.69 Å². The number of hydrogen-bond donors (Lipinski definition) is 2. The third-order valence-electron chi connectivity index (χ3n) is 3.68. The molecule has 3 N–H and O–H groups in total. The van der Waals surface area contributed by atoms with Crippen LogP contribution in [0.4, 0.5) is 0 Å². The first-order valence-corrected chi connectivity index (χ1v) is 6.73. The molecule has 4 nitrogen and oxygen atoms in total. The van der Waals surface area contributed by atoms with Crippen LogP contribution in [0.1, 0.15) is 39.5 Å². The zero-order valence-corrected chi connectivity index (χ0v) is 11.4. The molecule has 0 aliphatic heterocycles. The highest BCUT2D eigenvalue weighted by Gasteiger charge is 2.28. The lowest BCUT2D eigenvalue weighted by Gasteiger charge is -2.24. The van der Waals surface area contributed by atoms with E-state index in [0.29, 0.717) is 24.9 Å². The van der Waals surface area contributed by atoms with Crippen LogP contribution < -0.4 is 11.1 Å². The molecular weight excluding hydrogens is 214 g/mol. The Bertz CT molecular complexity index is 241. The van der Waals surface area contributed by atoms with Gasteiger partial charge < -0.3 is 11.1 Å². The number of nitrogens with one attached hydrogen (secondary N) is 1. The van der Waals surface area contributed by atoms with Crippen molar-refractivity contribution in [2.24, 2.45) is 11.7 Å². The summed E-state index contributed by atoms with van der Waals surface area (Å²) < 4.78 is 0. The van der Waals surface area contributed by atoms with Crippen molar-refractivity contribution in [2.75, 3.05) is 20.1 Å². The minimum absolute atomic E-state index is 0.154. The van der Waals surface area contributed by atoms with Gasteiger partial charge in [-0.05, 0) is 45.7 Å². The Morgan fingerprint density at radius 3 is 2.65 bits per heavy atom. The van der Waals surface area contributed by atoms with Crippen LogP contribution in [0.25, 0.3) is 0 Å². The van der Waals surface area contributed by atoms with Gasteiger partial charge in [0, 0.05) is 25.0 Å². The molecule has 2 atom stereocenters. The van der Waals surface area contributed by atoms with E-state index in [1.54, 1.807) is 0 Å². The number of nitrogens with two attached hydrogens (primary N) is 1. The largest absolute Gasteiger partial charge is 0.355 e. The Labute approximate surface area is 105 Å². The molecule has 0 bridgehead atoms. The molecule has 1 aliphatic rings. The van der Waals surface area contributed by atoms with Crippen molar-refractivity contribution in [2.45, 2.75) is 51.6 Å². The maximum atomic E-state index is 11.6. The van der Waals surface area contributed by atoms with Crippen molar-refractivity contribution in [3.8, 4) is 0 Å². The fraction of sp³-hybridized carbons (Fsp3) is 0.923. The molecule has 1 aliphatic carbocycles. The lowest BCUT2D eigenvalue weighted by atomic mass is 10.1. The van der Waals surface area contributed by atoms with Gasteiger partial charge in [0.2, 0.25) is 5.91 Å². The van der Waals surface area contributed by atoms with Gasteiger partial charge in [-0.25, -0.2) is 0 Å². The van der Waals surface area contributed by atoms with Gasteiger partial charge in [-0.2, -0.15) is 0 Å². The molecule has 0 aromatic heterocycles. The van der Waals surface area contributed by atoms with Crippen molar-refractivity contribution >= 4 is 5.91 Å². The summed E-state index contributed by atoms with van der Waals surface area (Å²) in [4.78, 5) is 14.0. The molecule has 0 saturated heterocycles. The SMILES string of the molecule is CC(CN)CCC(=O)NCC(C)N(C)C1CC1. The van der Waals surface area contributed by atoms with Gasteiger partial charge in [0.1, 0.15) is 0 Å². The summed E-state index contributed by atoms with van der Waals surface area (Å²) >= 11 is 0. The Kier molecular flexibility index (Phi) is 5.92. The zero-order valence-electron chi connectivity index (χ0n) is 11.4. The minimum Gasteiger partial charge on any atom is -0.355 e. The second kappa shape index (κ2) is 6.97. The topological polar surface area (TPSA) is 58.4 Å². The van der Waals surface area contributed by atoms with E-state index >= 15 is 0 Å². The highest BCUT2D eigenvalue weighted by molar-refractivity contribution is 5.75. The Morgan fingerprint density at radius 2 is 2.12 bits per heavy atom. The van der Waals surface area contributed by atoms with Crippen LogP contribution >= 0.6 is 0 Å². The van der Waals surface area contributed by atoms with Crippen LogP contribution in [0.2, 0.25) is 0 Å². The summed E-state index contributed by atoms with van der Waals surface area (Å²) in [5.41, 5.74) is 5.52. The van der Waals surface area contributed by atoms with E-state index in [9.17, 15) is 4.79 Å². The summed E-state index contributed by atoms with van der Waals surface area (Å²) in [5, 5.41) is 3.00. The fourth-order valence-electron chi connectivity index (χ4n) is 1.83. The van der Waals surface area contributed by atoms with E-state index in [4.69, 9.17) is 5.73 Å². The molecule has 1 saturated carbocycles. The van der Waals surface area contributed by atoms with E-state index in [2.05, 4.69) is 31.1 Å². The van der Waals surface area contributed by atoms with Gasteiger partial charge in [0.15, 0.2) is 0 Å². The maximum Gasteiger partial charge on any atom is 0.220 e. The Morgan fingerprint density at radius 1 is 1.47 bits per heavy atom. The number of nitrogens with zero attached hydrogens (tertiary/aromatic N) is 1. The zero-order chi connectivity index (χ0) is 12.8. The molecular formula is C13H27N3O. The molecule has 1 rings (SSSR count). The minimum atomic E-state index is 0.154. The van der Waals surface area contributed by atoms with Gasteiger partial charge in [0.05, 0.1) is 0 Å². The average Bonchev–Trinajstić information content (AvgIpc) is 3.15. The number of hydrogen-bond acceptors (Lipinski definition) is 3. The molecule has 17 heavy (non-hydrogen) atoms. The van der Waals surface area contributed by atoms with Crippen molar-refractivity contribution in [1.29, 1.82) is 0 Å². The predicted molar refractivity (Wildman–Crippen MR) is 70.7 cm³/mol. The van der Waals surface area contributed by atoms with Crippen LogP contribution in [0, 0.1) is 5.92 Å². The maximum absolute atomic E-state index is 11.6. The lowest BCUT2D eigenvalue weighted by Crippen LogP contribution is -2.41. The molecule has 4 heteroatoms. The molecule has 0 radical (unpaired) electrons. The van der Waals surface area contributed by atoms with Crippen LogP contribution in [0.15, 0.2) is 0 Å². The number of carbonyl (C=O) groups is 1. The number of amides is 1. The third kappa shape index (κ3) is 5.50. The van der Waals surface area contributed by atoms with Crippen LogP contribution in [-0.4, -0.2) is 43.0 Å². The number of likely N-dealkylation sites (N-methyl/N-ethyl adjacent to an activating group) is 1. The monoisotopic (exact) mass is 241 g/mol. The number of carbonyl (C=O) groups excluding carboxylic acids is 1. The van der Waals surface area contributed by atoms with E-state index < -0.39 is 0 Å². The van der Waals surface area contributed by atoms with Crippen LogP contribution in [0.3, 0.4) is 0 Å². The van der Waals surface area contributed by atoms with E-state index in [-0.39, 0.29) is 5.91 Å². The second-order valence-electron chi connectivity index (χ2n) is 5.43. The van der Waals surface area contributed by atoms with Gasteiger partial charge in [-0.1, -0.05) is 6.92 Å². The highest BCUT2D eigenvalue weighted by atomic mass is 16.1. The standard InChI is InChI=1S/C13H27N3O/c1-10(8-14)4-7-13(17)15-9-11(2)16(3)12-5-6-12/h10-12H,4-9,14H2,1-3H3,(H,15,17). The average molecular weight is 241 g/mol. The van der Waals surface area contributed by atoms with E-state index in [1.165, 1.54) is 12.8 Å². The van der Waals surface area contributed by atoms with Crippen molar-refractivity contribution in [1.82, 2.24) is 10.2 Å². The first-order valence-electron chi connectivity index (χ1n) is 6.73. The Balaban J connectivity index is 2.09. The van der Waals surface area contributed by atoms with E-state index in [0.717, 1.165) is 19.0 Å². The van der Waals surface area contributed by atoms with E-state index in [1.807, 2.05) is 0 Å². The first kappa shape index (κ1) is 14.5. The molecule has 0 aromatic carbocycles. The fourth-order valence-corrected chi connectivity index (χ4v) is 1.83. The summed E-state index contributed by atoms with van der Waals surface area (Å²) in [5.74, 6) is 0.591. The van der Waals surface area contributed by atoms with Crippen molar-refractivity contribution in [3.63, 3.8) is 0 Å². The first-order chi connectivity index (χ1) is 8.04. The second-order valence-corrected chi connectivity index (χ2v) is 5.43. The van der Waals surface area contributed by atoms with Gasteiger partial charge >= 0.3 is 0 Å². The molecule has 0 spiro atoms. The van der Waals surface area contributed by atoms with Gasteiger partial charge in [-0.15, -0.1) is 0 Å². The van der Waals surface area contributed by atoms with Crippen molar-refractivity contribution in [3.05, 3.63) is 0 Å². The summed E-state index contributed by atoms with van der Waals surface area (Å²) in [6.45, 7) is 5.66. The number of rotatable bonds is 8. The molecule has 0 aromatic rings. The molecule has 2 unspecified atom stereocenters. The van der Waals surface area contributed by atoms with Crippen LogP contribution in [0.5, 0.6) is 0 Å². The molecule has 0 heterocycles. The summed E-state index contributed by atoms with van der Waals surface area (Å²) in [6, 6.07) is 1.18. The Hall–Kier alpha value is -0.610. The van der Waals surface area contributed by atoms with Crippen molar-refractivity contribution < 1.29 is 4.79 Å². The van der Waals surface area contributed by atoms with Crippen LogP contribution in [-0.2, 0) is 4.79 Å². The highest BCUT2D eigenvalue weighted by Crippen LogP contribution is 2.26. The lowest BCUT2D eigenvalue weighted by molar-refractivity contribution is -0.121. The molecule has 100 valence electrons. The third-order valence-corrected chi connectivity index (χ3v) is 3.68. The predicted octanol–water partition coefficient (Wildman–Crippen LogP) is 0.960.